The minimum Gasteiger partial charge on any atom is -0.352 e. The molecular weight excluding hydrogens is 405 g/mol. The van der Waals surface area contributed by atoms with Gasteiger partial charge in [-0.15, -0.1) is 0 Å². The molecule has 1 N–H and O–H groups in total. The second-order valence-electron chi connectivity index (χ2n) is 7.19. The number of para-hydroxylation sites is 1. The van der Waals surface area contributed by atoms with E-state index >= 15 is 0 Å². The Morgan fingerprint density at radius 3 is 2.53 bits per heavy atom. The molecule has 2 heterocycles. The van der Waals surface area contributed by atoms with Crippen molar-refractivity contribution in [3.8, 4) is 16.9 Å². The molecule has 0 aliphatic carbocycles. The van der Waals surface area contributed by atoms with E-state index in [4.69, 9.17) is 0 Å². The Kier molecular flexibility index (Phi) is 5.50. The number of rotatable bonds is 6. The Hall–Kier alpha value is -3.26. The number of hydrogen-bond donors (Lipinski definition) is 1. The molecule has 1 aliphatic heterocycles. The van der Waals surface area contributed by atoms with Crippen LogP contribution in [0, 0.1) is 11.7 Å². The molecule has 0 fully saturated rings. The maximum Gasteiger partial charge on any atom is 0.220 e. The van der Waals surface area contributed by atoms with Crippen LogP contribution in [0.3, 0.4) is 0 Å². The first kappa shape index (κ1) is 20.0. The van der Waals surface area contributed by atoms with Crippen LogP contribution in [-0.4, -0.2) is 29.9 Å². The lowest BCUT2D eigenvalue weighted by Gasteiger charge is -2.08. The van der Waals surface area contributed by atoms with Crippen molar-refractivity contribution in [3.63, 3.8) is 0 Å². The van der Waals surface area contributed by atoms with Gasteiger partial charge in [-0.1, -0.05) is 24.3 Å². The van der Waals surface area contributed by atoms with Crippen LogP contribution in [0.5, 0.6) is 0 Å². The minimum absolute atomic E-state index is 0.0345. The summed E-state index contributed by atoms with van der Waals surface area (Å²) in [5.41, 5.74) is 3.01. The highest BCUT2D eigenvalue weighted by molar-refractivity contribution is 7.94. The van der Waals surface area contributed by atoms with Gasteiger partial charge in [0, 0.05) is 41.6 Å². The Labute approximate surface area is 174 Å². The molecule has 2 aromatic carbocycles. The van der Waals surface area contributed by atoms with Crippen LogP contribution in [0.15, 0.2) is 72.3 Å². The summed E-state index contributed by atoms with van der Waals surface area (Å²) in [4.78, 5) is 12.3. The maximum absolute atomic E-state index is 13.3. The fraction of sp³-hybridized carbons (Fsp3) is 0.182. The lowest BCUT2D eigenvalue weighted by molar-refractivity contribution is -0.121. The van der Waals surface area contributed by atoms with E-state index in [-0.39, 0.29) is 36.4 Å². The standard InChI is InChI=1S/C22H20FN3O3S/c23-19-8-6-17(7-9-19)22-18(14-26(25-22)20-4-2-1-3-5-20)13-24-21(27)12-16-10-11-30(28,29)15-16/h1-11,14,16H,12-13,15H2,(H,24,27). The summed E-state index contributed by atoms with van der Waals surface area (Å²) in [5, 5.41) is 8.65. The first-order valence-electron chi connectivity index (χ1n) is 9.47. The van der Waals surface area contributed by atoms with Crippen molar-refractivity contribution in [2.75, 3.05) is 5.75 Å². The highest BCUT2D eigenvalue weighted by atomic mass is 32.2. The van der Waals surface area contributed by atoms with Gasteiger partial charge in [0.05, 0.1) is 17.1 Å². The van der Waals surface area contributed by atoms with Crippen LogP contribution in [0.2, 0.25) is 0 Å². The summed E-state index contributed by atoms with van der Waals surface area (Å²) in [6.07, 6.45) is 3.49. The molecule has 1 aliphatic rings. The summed E-state index contributed by atoms with van der Waals surface area (Å²) in [5.74, 6) is -0.916. The Balaban J connectivity index is 1.54. The molecule has 0 bridgehead atoms. The molecule has 1 amide bonds. The van der Waals surface area contributed by atoms with Crippen molar-refractivity contribution in [1.29, 1.82) is 0 Å². The highest BCUT2D eigenvalue weighted by Gasteiger charge is 2.24. The number of nitrogens with zero attached hydrogens (tertiary/aromatic N) is 2. The van der Waals surface area contributed by atoms with Gasteiger partial charge < -0.3 is 5.32 Å². The van der Waals surface area contributed by atoms with E-state index in [1.54, 1.807) is 22.9 Å². The van der Waals surface area contributed by atoms with Crippen molar-refractivity contribution in [2.45, 2.75) is 13.0 Å². The van der Waals surface area contributed by atoms with Crippen molar-refractivity contribution < 1.29 is 17.6 Å². The van der Waals surface area contributed by atoms with E-state index in [0.717, 1.165) is 16.8 Å². The van der Waals surface area contributed by atoms with Crippen molar-refractivity contribution in [1.82, 2.24) is 15.1 Å². The lowest BCUT2D eigenvalue weighted by Crippen LogP contribution is -2.25. The van der Waals surface area contributed by atoms with Gasteiger partial charge in [-0.05, 0) is 36.4 Å². The van der Waals surface area contributed by atoms with E-state index in [1.165, 1.54) is 17.5 Å². The lowest BCUT2D eigenvalue weighted by atomic mass is 10.1. The third kappa shape index (κ3) is 4.65. The number of aromatic nitrogens is 2. The first-order chi connectivity index (χ1) is 14.4. The SMILES string of the molecule is O=C(CC1C=CS(=O)(=O)C1)NCc1cn(-c2ccccc2)nc1-c1ccc(F)cc1. The van der Waals surface area contributed by atoms with Gasteiger partial charge in [0.25, 0.3) is 0 Å². The molecule has 1 unspecified atom stereocenters. The summed E-state index contributed by atoms with van der Waals surface area (Å²) in [7, 11) is -3.19. The van der Waals surface area contributed by atoms with E-state index in [9.17, 15) is 17.6 Å². The number of sulfone groups is 1. The third-order valence-corrected chi connectivity index (χ3v) is 6.32. The van der Waals surface area contributed by atoms with Gasteiger partial charge in [0.1, 0.15) is 5.82 Å². The molecule has 0 saturated carbocycles. The van der Waals surface area contributed by atoms with Crippen molar-refractivity contribution in [2.24, 2.45) is 5.92 Å². The van der Waals surface area contributed by atoms with Gasteiger partial charge in [-0.25, -0.2) is 17.5 Å². The molecule has 3 aromatic rings. The molecule has 0 radical (unpaired) electrons. The maximum atomic E-state index is 13.3. The Morgan fingerprint density at radius 2 is 1.87 bits per heavy atom. The minimum atomic E-state index is -3.19. The molecule has 154 valence electrons. The van der Waals surface area contributed by atoms with E-state index in [2.05, 4.69) is 10.4 Å². The number of allylic oxidation sites excluding steroid dienone is 1. The summed E-state index contributed by atoms with van der Waals surface area (Å²) >= 11 is 0. The fourth-order valence-electron chi connectivity index (χ4n) is 3.37. The number of carbonyl (C=O) groups excluding carboxylic acids is 1. The number of benzene rings is 2. The molecule has 1 aromatic heterocycles. The molecular formula is C22H20FN3O3S. The molecule has 0 spiro atoms. The average Bonchev–Trinajstić information content (AvgIpc) is 3.30. The second-order valence-corrected chi connectivity index (χ2v) is 9.12. The van der Waals surface area contributed by atoms with Crippen LogP contribution >= 0.6 is 0 Å². The highest BCUT2D eigenvalue weighted by Crippen LogP contribution is 2.24. The zero-order valence-corrected chi connectivity index (χ0v) is 16.8. The number of amides is 1. The summed E-state index contributed by atoms with van der Waals surface area (Å²) in [6.45, 7) is 0.224. The molecule has 8 heteroatoms. The monoisotopic (exact) mass is 425 g/mol. The predicted molar refractivity (Wildman–Crippen MR) is 112 cm³/mol. The Morgan fingerprint density at radius 1 is 1.13 bits per heavy atom. The van der Waals surface area contributed by atoms with Gasteiger partial charge in [-0.3, -0.25) is 4.79 Å². The normalized spacial score (nSPS) is 17.2. The number of hydrogen-bond acceptors (Lipinski definition) is 4. The molecule has 0 saturated heterocycles. The van der Waals surface area contributed by atoms with Gasteiger partial charge >= 0.3 is 0 Å². The van der Waals surface area contributed by atoms with E-state index in [0.29, 0.717) is 5.69 Å². The second kappa shape index (κ2) is 8.23. The number of carbonyl (C=O) groups is 1. The predicted octanol–water partition coefficient (Wildman–Crippen LogP) is 3.24. The molecule has 30 heavy (non-hydrogen) atoms. The van der Waals surface area contributed by atoms with Crippen LogP contribution in [0.4, 0.5) is 4.39 Å². The average molecular weight is 425 g/mol. The summed E-state index contributed by atoms with van der Waals surface area (Å²) < 4.78 is 38.1. The number of halogens is 1. The van der Waals surface area contributed by atoms with Crippen LogP contribution in [0.1, 0.15) is 12.0 Å². The quantitative estimate of drug-likeness (QED) is 0.657. The van der Waals surface area contributed by atoms with Crippen molar-refractivity contribution >= 4 is 15.7 Å². The Bertz CT molecular complexity index is 1190. The van der Waals surface area contributed by atoms with Crippen LogP contribution < -0.4 is 5.32 Å². The molecule has 4 rings (SSSR count). The van der Waals surface area contributed by atoms with E-state index in [1.807, 2.05) is 36.5 Å². The molecule has 6 nitrogen and oxygen atoms in total. The zero-order chi connectivity index (χ0) is 21.1. The van der Waals surface area contributed by atoms with Crippen LogP contribution in [-0.2, 0) is 21.2 Å². The molecule has 1 atom stereocenters. The smallest absolute Gasteiger partial charge is 0.220 e. The van der Waals surface area contributed by atoms with Crippen molar-refractivity contribution in [3.05, 3.63) is 83.7 Å². The first-order valence-corrected chi connectivity index (χ1v) is 11.2. The van der Waals surface area contributed by atoms with Crippen LogP contribution in [0.25, 0.3) is 16.9 Å². The van der Waals surface area contributed by atoms with Gasteiger partial charge in [0.2, 0.25) is 5.91 Å². The largest absolute Gasteiger partial charge is 0.352 e. The zero-order valence-electron chi connectivity index (χ0n) is 16.0. The van der Waals surface area contributed by atoms with Gasteiger partial charge in [0.15, 0.2) is 9.84 Å². The van der Waals surface area contributed by atoms with E-state index < -0.39 is 9.84 Å². The fourth-order valence-corrected chi connectivity index (χ4v) is 4.77. The summed E-state index contributed by atoms with van der Waals surface area (Å²) in [6, 6.07) is 15.6. The topological polar surface area (TPSA) is 81.1 Å². The third-order valence-electron chi connectivity index (χ3n) is 4.86. The number of nitrogens with one attached hydrogen (secondary N) is 1. The van der Waals surface area contributed by atoms with Gasteiger partial charge in [-0.2, -0.15) is 5.10 Å².